The lowest BCUT2D eigenvalue weighted by Gasteiger charge is -2.18. The Morgan fingerprint density at radius 2 is 1.92 bits per heavy atom. The van der Waals surface area contributed by atoms with E-state index in [-0.39, 0.29) is 11.8 Å². The van der Waals surface area contributed by atoms with E-state index in [1.807, 2.05) is 0 Å². The molecule has 0 saturated carbocycles. The first-order valence-electron chi connectivity index (χ1n) is 8.35. The maximum Gasteiger partial charge on any atom is 0.258 e. The van der Waals surface area contributed by atoms with Crippen molar-refractivity contribution in [2.75, 3.05) is 17.7 Å². The Kier molecular flexibility index (Phi) is 5.08. The molecule has 3 rings (SSSR count). The Balaban J connectivity index is 1.90. The number of benzene rings is 1. The lowest BCUT2D eigenvalue weighted by molar-refractivity contribution is -0.114. The summed E-state index contributed by atoms with van der Waals surface area (Å²) in [5.74, 6) is 0.999. The van der Waals surface area contributed by atoms with Crippen molar-refractivity contribution in [2.45, 2.75) is 33.1 Å². The first-order valence-corrected chi connectivity index (χ1v) is 9.17. The van der Waals surface area contributed by atoms with Gasteiger partial charge in [-0.05, 0) is 55.0 Å². The predicted molar refractivity (Wildman–Crippen MR) is 101 cm³/mol. The molecule has 0 radical (unpaired) electrons. The summed E-state index contributed by atoms with van der Waals surface area (Å²) in [5, 5.41) is 6.41. The minimum absolute atomic E-state index is 0.162. The van der Waals surface area contributed by atoms with Gasteiger partial charge in [-0.15, -0.1) is 11.3 Å². The lowest BCUT2D eigenvalue weighted by Crippen LogP contribution is -2.18. The van der Waals surface area contributed by atoms with Crippen LogP contribution >= 0.6 is 11.3 Å². The van der Waals surface area contributed by atoms with E-state index in [9.17, 15) is 9.59 Å². The van der Waals surface area contributed by atoms with E-state index >= 15 is 0 Å². The van der Waals surface area contributed by atoms with Crippen molar-refractivity contribution >= 4 is 33.8 Å². The van der Waals surface area contributed by atoms with Crippen molar-refractivity contribution in [2.24, 2.45) is 5.92 Å². The molecule has 1 atom stereocenters. The SMILES string of the molecule is COc1ccc(NC(=O)c2c(NC(C)=O)sc3c2CCC(C)C3)cc1. The van der Waals surface area contributed by atoms with Gasteiger partial charge in [0, 0.05) is 17.5 Å². The second kappa shape index (κ2) is 7.27. The summed E-state index contributed by atoms with van der Waals surface area (Å²) < 4.78 is 5.14. The van der Waals surface area contributed by atoms with Crippen molar-refractivity contribution in [1.82, 2.24) is 0 Å². The van der Waals surface area contributed by atoms with E-state index in [1.54, 1.807) is 31.4 Å². The lowest BCUT2D eigenvalue weighted by atomic mass is 9.88. The van der Waals surface area contributed by atoms with Crippen LogP contribution in [0.2, 0.25) is 0 Å². The third kappa shape index (κ3) is 3.85. The summed E-state index contributed by atoms with van der Waals surface area (Å²) in [5.41, 5.74) is 2.39. The molecule has 0 spiro atoms. The molecule has 132 valence electrons. The van der Waals surface area contributed by atoms with Gasteiger partial charge < -0.3 is 15.4 Å². The van der Waals surface area contributed by atoms with Gasteiger partial charge in [-0.3, -0.25) is 9.59 Å². The summed E-state index contributed by atoms with van der Waals surface area (Å²) in [7, 11) is 1.60. The highest BCUT2D eigenvalue weighted by Gasteiger charge is 2.28. The van der Waals surface area contributed by atoms with Crippen LogP contribution in [0.25, 0.3) is 0 Å². The maximum atomic E-state index is 12.9. The minimum atomic E-state index is -0.180. The topological polar surface area (TPSA) is 67.4 Å². The van der Waals surface area contributed by atoms with Gasteiger partial charge in [-0.25, -0.2) is 0 Å². The summed E-state index contributed by atoms with van der Waals surface area (Å²) in [6, 6.07) is 7.20. The molecule has 2 amide bonds. The quantitative estimate of drug-likeness (QED) is 0.865. The zero-order valence-electron chi connectivity index (χ0n) is 14.6. The van der Waals surface area contributed by atoms with Crippen LogP contribution in [0.5, 0.6) is 5.75 Å². The molecule has 0 fully saturated rings. The van der Waals surface area contributed by atoms with E-state index in [0.717, 1.165) is 30.6 Å². The fourth-order valence-electron chi connectivity index (χ4n) is 3.11. The van der Waals surface area contributed by atoms with Crippen LogP contribution in [0.15, 0.2) is 24.3 Å². The van der Waals surface area contributed by atoms with Gasteiger partial charge in [0.2, 0.25) is 5.91 Å². The largest absolute Gasteiger partial charge is 0.497 e. The summed E-state index contributed by atoms with van der Waals surface area (Å²) in [6.45, 7) is 3.68. The van der Waals surface area contributed by atoms with Crippen LogP contribution in [0.1, 0.15) is 41.1 Å². The van der Waals surface area contributed by atoms with E-state index in [4.69, 9.17) is 4.74 Å². The normalized spacial score (nSPS) is 16.0. The third-order valence-corrected chi connectivity index (χ3v) is 5.55. The predicted octanol–water partition coefficient (Wildman–Crippen LogP) is 4.09. The van der Waals surface area contributed by atoms with E-state index in [1.165, 1.54) is 23.1 Å². The molecule has 1 aliphatic carbocycles. The molecule has 5 nitrogen and oxygen atoms in total. The number of nitrogens with one attached hydrogen (secondary N) is 2. The van der Waals surface area contributed by atoms with Gasteiger partial charge in [-0.1, -0.05) is 6.92 Å². The van der Waals surface area contributed by atoms with Crippen molar-refractivity contribution in [3.05, 3.63) is 40.3 Å². The van der Waals surface area contributed by atoms with Gasteiger partial charge in [0.1, 0.15) is 10.8 Å². The molecular formula is C19H22N2O3S. The molecule has 1 aromatic heterocycles. The van der Waals surface area contributed by atoms with Gasteiger partial charge in [0.25, 0.3) is 5.91 Å². The van der Waals surface area contributed by atoms with Crippen molar-refractivity contribution in [1.29, 1.82) is 0 Å². The molecule has 0 aliphatic heterocycles. The summed E-state index contributed by atoms with van der Waals surface area (Å²) >= 11 is 1.53. The first kappa shape index (κ1) is 17.5. The molecule has 1 aromatic carbocycles. The van der Waals surface area contributed by atoms with Crippen molar-refractivity contribution in [3.63, 3.8) is 0 Å². The Hall–Kier alpha value is -2.34. The average Bonchev–Trinajstić information content (AvgIpc) is 2.91. The van der Waals surface area contributed by atoms with Crippen LogP contribution < -0.4 is 15.4 Å². The number of anilines is 2. The monoisotopic (exact) mass is 358 g/mol. The maximum absolute atomic E-state index is 12.9. The highest BCUT2D eigenvalue weighted by molar-refractivity contribution is 7.17. The molecule has 1 heterocycles. The zero-order valence-corrected chi connectivity index (χ0v) is 15.5. The number of ether oxygens (including phenoxy) is 1. The molecule has 1 aliphatic rings. The molecule has 1 unspecified atom stereocenters. The second-order valence-electron chi connectivity index (χ2n) is 6.42. The number of rotatable bonds is 4. The van der Waals surface area contributed by atoms with Crippen molar-refractivity contribution < 1.29 is 14.3 Å². The Morgan fingerprint density at radius 1 is 1.20 bits per heavy atom. The molecule has 25 heavy (non-hydrogen) atoms. The van der Waals surface area contributed by atoms with E-state index in [0.29, 0.717) is 22.2 Å². The Labute approximate surface area is 151 Å². The highest BCUT2D eigenvalue weighted by Crippen LogP contribution is 2.40. The van der Waals surface area contributed by atoms with Gasteiger partial charge >= 0.3 is 0 Å². The van der Waals surface area contributed by atoms with Gasteiger partial charge in [-0.2, -0.15) is 0 Å². The number of carbonyl (C=O) groups excluding carboxylic acids is 2. The number of methoxy groups -OCH3 is 1. The average molecular weight is 358 g/mol. The fourth-order valence-corrected chi connectivity index (χ4v) is 4.56. The van der Waals surface area contributed by atoms with Crippen LogP contribution in [0, 0.1) is 5.92 Å². The van der Waals surface area contributed by atoms with Crippen LogP contribution in [0.4, 0.5) is 10.7 Å². The third-order valence-electron chi connectivity index (χ3n) is 4.38. The van der Waals surface area contributed by atoms with Crippen LogP contribution in [-0.4, -0.2) is 18.9 Å². The van der Waals surface area contributed by atoms with Gasteiger partial charge in [0.05, 0.1) is 12.7 Å². The number of thiophene rings is 1. The number of hydrogen-bond donors (Lipinski definition) is 2. The van der Waals surface area contributed by atoms with Crippen LogP contribution in [-0.2, 0) is 17.6 Å². The minimum Gasteiger partial charge on any atom is -0.497 e. The fraction of sp³-hybridized carbons (Fsp3) is 0.368. The summed E-state index contributed by atoms with van der Waals surface area (Å²) in [6.07, 6.45) is 2.90. The smallest absolute Gasteiger partial charge is 0.258 e. The van der Waals surface area contributed by atoms with Crippen molar-refractivity contribution in [3.8, 4) is 5.75 Å². The van der Waals surface area contributed by atoms with Crippen LogP contribution in [0.3, 0.4) is 0 Å². The number of amides is 2. The molecule has 0 bridgehead atoms. The molecule has 2 N–H and O–H groups in total. The second-order valence-corrected chi connectivity index (χ2v) is 7.52. The Morgan fingerprint density at radius 3 is 2.56 bits per heavy atom. The standard InChI is InChI=1S/C19H22N2O3S/c1-11-4-9-15-16(10-11)25-19(20-12(2)22)17(15)18(23)21-13-5-7-14(24-3)8-6-13/h5-8,11H,4,9-10H2,1-3H3,(H,20,22)(H,21,23). The summed E-state index contributed by atoms with van der Waals surface area (Å²) in [4.78, 5) is 25.7. The zero-order chi connectivity index (χ0) is 18.0. The number of carbonyl (C=O) groups is 2. The van der Waals surface area contributed by atoms with E-state index < -0.39 is 0 Å². The Bertz CT molecular complexity index is 796. The molecular weight excluding hydrogens is 336 g/mol. The first-order chi connectivity index (χ1) is 12.0. The number of hydrogen-bond acceptors (Lipinski definition) is 4. The molecule has 6 heteroatoms. The van der Waals surface area contributed by atoms with E-state index in [2.05, 4.69) is 17.6 Å². The molecule has 0 saturated heterocycles. The highest BCUT2D eigenvalue weighted by atomic mass is 32.1. The number of fused-ring (bicyclic) bond motifs is 1. The van der Waals surface area contributed by atoms with Gasteiger partial charge in [0.15, 0.2) is 0 Å². The molecule has 2 aromatic rings.